The van der Waals surface area contributed by atoms with Crippen molar-refractivity contribution in [1.82, 2.24) is 9.55 Å². The van der Waals surface area contributed by atoms with Crippen LogP contribution in [-0.2, 0) is 11.3 Å². The van der Waals surface area contributed by atoms with Crippen molar-refractivity contribution < 1.29 is 9.90 Å². The maximum atomic E-state index is 10.9. The van der Waals surface area contributed by atoms with Gasteiger partial charge in [0.25, 0.3) is 0 Å². The number of benzene rings is 1. The number of aryl methyl sites for hydroxylation is 2. The summed E-state index contributed by atoms with van der Waals surface area (Å²) in [6.45, 7) is 2.48. The van der Waals surface area contributed by atoms with Crippen LogP contribution in [0.1, 0.15) is 12.0 Å². The lowest BCUT2D eigenvalue weighted by Gasteiger charge is -2.07. The molecule has 0 bridgehead atoms. The SMILES string of the molecule is Cc1cscc1-c1nc2ccccc2n1CCC(=O)O. The molecule has 2 heterocycles. The molecule has 1 N–H and O–H groups in total. The van der Waals surface area contributed by atoms with Crippen LogP contribution in [0.3, 0.4) is 0 Å². The zero-order valence-corrected chi connectivity index (χ0v) is 11.9. The fraction of sp³-hybridized carbons (Fsp3) is 0.200. The summed E-state index contributed by atoms with van der Waals surface area (Å²) in [7, 11) is 0. The maximum Gasteiger partial charge on any atom is 0.305 e. The Morgan fingerprint density at radius 2 is 2.15 bits per heavy atom. The lowest BCUT2D eigenvalue weighted by molar-refractivity contribution is -0.137. The molecule has 0 radical (unpaired) electrons. The smallest absolute Gasteiger partial charge is 0.305 e. The molecule has 0 saturated heterocycles. The van der Waals surface area contributed by atoms with Crippen molar-refractivity contribution in [3.63, 3.8) is 0 Å². The average molecular weight is 286 g/mol. The van der Waals surface area contributed by atoms with Gasteiger partial charge < -0.3 is 9.67 Å². The van der Waals surface area contributed by atoms with E-state index in [4.69, 9.17) is 5.11 Å². The van der Waals surface area contributed by atoms with Crippen LogP contribution in [0.4, 0.5) is 0 Å². The molecule has 2 aromatic heterocycles. The van der Waals surface area contributed by atoms with Gasteiger partial charge in [-0.25, -0.2) is 4.98 Å². The van der Waals surface area contributed by atoms with Crippen molar-refractivity contribution in [2.45, 2.75) is 19.9 Å². The molecule has 0 aliphatic rings. The van der Waals surface area contributed by atoms with Crippen LogP contribution in [0.25, 0.3) is 22.4 Å². The number of carboxylic acid groups (broad SMARTS) is 1. The molecular weight excluding hydrogens is 272 g/mol. The molecule has 1 aromatic carbocycles. The highest BCUT2D eigenvalue weighted by Crippen LogP contribution is 2.29. The number of carbonyl (C=O) groups is 1. The Balaban J connectivity index is 2.17. The predicted molar refractivity (Wildman–Crippen MR) is 80.0 cm³/mol. The van der Waals surface area contributed by atoms with Gasteiger partial charge in [0, 0.05) is 17.5 Å². The molecule has 0 atom stereocenters. The van der Waals surface area contributed by atoms with Crippen LogP contribution in [0.2, 0.25) is 0 Å². The molecule has 20 heavy (non-hydrogen) atoms. The lowest BCUT2D eigenvalue weighted by atomic mass is 10.2. The molecule has 0 aliphatic carbocycles. The van der Waals surface area contributed by atoms with E-state index in [9.17, 15) is 4.79 Å². The first kappa shape index (κ1) is 12.9. The first-order valence-corrected chi connectivity index (χ1v) is 7.31. The number of carboxylic acids is 1. The number of hydrogen-bond donors (Lipinski definition) is 1. The molecule has 0 unspecified atom stereocenters. The molecule has 102 valence electrons. The van der Waals surface area contributed by atoms with E-state index < -0.39 is 5.97 Å². The lowest BCUT2D eigenvalue weighted by Crippen LogP contribution is -2.06. The third-order valence-corrected chi connectivity index (χ3v) is 4.16. The van der Waals surface area contributed by atoms with Gasteiger partial charge in [-0.2, -0.15) is 11.3 Å². The molecule has 0 saturated carbocycles. The molecule has 0 aliphatic heterocycles. The molecule has 0 fully saturated rings. The van der Waals surface area contributed by atoms with E-state index in [1.54, 1.807) is 11.3 Å². The minimum atomic E-state index is -0.796. The normalized spacial score (nSPS) is 11.1. The van der Waals surface area contributed by atoms with Crippen LogP contribution in [-0.4, -0.2) is 20.6 Å². The number of rotatable bonds is 4. The third-order valence-electron chi connectivity index (χ3n) is 3.30. The second kappa shape index (κ2) is 5.09. The summed E-state index contributed by atoms with van der Waals surface area (Å²) < 4.78 is 2.00. The van der Waals surface area contributed by atoms with Crippen molar-refractivity contribution in [3.05, 3.63) is 40.6 Å². The van der Waals surface area contributed by atoms with Gasteiger partial charge in [-0.3, -0.25) is 4.79 Å². The average Bonchev–Trinajstić information content (AvgIpc) is 2.99. The topological polar surface area (TPSA) is 55.1 Å². The van der Waals surface area contributed by atoms with E-state index in [1.807, 2.05) is 35.8 Å². The molecule has 3 aromatic rings. The highest BCUT2D eigenvalue weighted by atomic mass is 32.1. The predicted octanol–water partition coefficient (Wildman–Crippen LogP) is 3.55. The van der Waals surface area contributed by atoms with Crippen molar-refractivity contribution in [1.29, 1.82) is 0 Å². The van der Waals surface area contributed by atoms with Crippen LogP contribution in [0.5, 0.6) is 0 Å². The maximum absolute atomic E-state index is 10.9. The zero-order valence-electron chi connectivity index (χ0n) is 11.0. The van der Waals surface area contributed by atoms with Crippen molar-refractivity contribution in [2.24, 2.45) is 0 Å². The van der Waals surface area contributed by atoms with E-state index in [0.717, 1.165) is 22.4 Å². The van der Waals surface area contributed by atoms with Crippen LogP contribution < -0.4 is 0 Å². The summed E-state index contributed by atoms with van der Waals surface area (Å²) in [6.07, 6.45) is 0.0938. The number of fused-ring (bicyclic) bond motifs is 1. The minimum absolute atomic E-state index is 0.0938. The van der Waals surface area contributed by atoms with Crippen LogP contribution in [0.15, 0.2) is 35.0 Å². The Labute approximate surface area is 120 Å². The number of imidazole rings is 1. The van der Waals surface area contributed by atoms with Crippen LogP contribution >= 0.6 is 11.3 Å². The first-order chi connectivity index (χ1) is 9.66. The zero-order chi connectivity index (χ0) is 14.1. The number of hydrogen-bond acceptors (Lipinski definition) is 3. The Bertz CT molecular complexity index is 773. The van der Waals surface area contributed by atoms with Gasteiger partial charge in [-0.15, -0.1) is 0 Å². The number of aromatic nitrogens is 2. The second-order valence-corrected chi connectivity index (χ2v) is 5.43. The fourth-order valence-electron chi connectivity index (χ4n) is 2.30. The quantitative estimate of drug-likeness (QED) is 0.798. The summed E-state index contributed by atoms with van der Waals surface area (Å²) in [4.78, 5) is 15.5. The van der Waals surface area contributed by atoms with Gasteiger partial charge in [0.05, 0.1) is 17.5 Å². The molecule has 3 rings (SSSR count). The summed E-state index contributed by atoms with van der Waals surface area (Å²) in [5, 5.41) is 13.1. The summed E-state index contributed by atoms with van der Waals surface area (Å²) in [5.41, 5.74) is 4.13. The van der Waals surface area contributed by atoms with Crippen molar-refractivity contribution >= 4 is 28.3 Å². The Hall–Kier alpha value is -2.14. The molecule has 0 amide bonds. The molecule has 4 nitrogen and oxygen atoms in total. The molecular formula is C15H14N2O2S. The van der Waals surface area contributed by atoms with E-state index in [-0.39, 0.29) is 6.42 Å². The second-order valence-electron chi connectivity index (χ2n) is 4.69. The molecule has 5 heteroatoms. The van der Waals surface area contributed by atoms with E-state index in [0.29, 0.717) is 6.54 Å². The van der Waals surface area contributed by atoms with Gasteiger partial charge in [0.2, 0.25) is 0 Å². The van der Waals surface area contributed by atoms with E-state index >= 15 is 0 Å². The Kier molecular flexibility index (Phi) is 3.28. The Morgan fingerprint density at radius 1 is 1.35 bits per heavy atom. The number of para-hydroxylation sites is 2. The largest absolute Gasteiger partial charge is 0.481 e. The van der Waals surface area contributed by atoms with Gasteiger partial charge in [-0.05, 0) is 30.0 Å². The fourth-order valence-corrected chi connectivity index (χ4v) is 3.13. The monoisotopic (exact) mass is 286 g/mol. The number of thiophene rings is 1. The van der Waals surface area contributed by atoms with Gasteiger partial charge in [-0.1, -0.05) is 12.1 Å². The molecule has 0 spiro atoms. The number of nitrogens with zero attached hydrogens (tertiary/aromatic N) is 2. The highest BCUT2D eigenvalue weighted by Gasteiger charge is 2.15. The van der Waals surface area contributed by atoms with E-state index in [2.05, 4.69) is 15.7 Å². The van der Waals surface area contributed by atoms with Gasteiger partial charge in [0.1, 0.15) is 5.82 Å². The number of aliphatic carboxylic acids is 1. The van der Waals surface area contributed by atoms with Gasteiger partial charge >= 0.3 is 5.97 Å². The standard InChI is InChI=1S/C15H14N2O2S/c1-10-8-20-9-11(10)15-16-12-4-2-3-5-13(12)17(15)7-6-14(18)19/h2-5,8-9H,6-7H2,1H3,(H,18,19). The summed E-state index contributed by atoms with van der Waals surface area (Å²) in [5.74, 6) is 0.0574. The first-order valence-electron chi connectivity index (χ1n) is 6.37. The van der Waals surface area contributed by atoms with Crippen LogP contribution in [0, 0.1) is 6.92 Å². The van der Waals surface area contributed by atoms with E-state index in [1.165, 1.54) is 5.56 Å². The highest BCUT2D eigenvalue weighted by molar-refractivity contribution is 7.08. The van der Waals surface area contributed by atoms with Gasteiger partial charge in [0.15, 0.2) is 0 Å². The van der Waals surface area contributed by atoms with Crippen molar-refractivity contribution in [3.8, 4) is 11.4 Å². The Morgan fingerprint density at radius 3 is 2.85 bits per heavy atom. The minimum Gasteiger partial charge on any atom is -0.481 e. The summed E-state index contributed by atoms with van der Waals surface area (Å²) >= 11 is 1.63. The van der Waals surface area contributed by atoms with Crippen molar-refractivity contribution in [2.75, 3.05) is 0 Å². The third kappa shape index (κ3) is 2.20. The summed E-state index contributed by atoms with van der Waals surface area (Å²) in [6, 6.07) is 7.83.